The molecule has 0 saturated carbocycles. The van der Waals surface area contributed by atoms with E-state index in [0.717, 1.165) is 17.7 Å². The average Bonchev–Trinajstić information content (AvgIpc) is 2.18. The van der Waals surface area contributed by atoms with Crippen molar-refractivity contribution in [1.82, 2.24) is 0 Å². The highest BCUT2D eigenvalue weighted by atomic mass is 32.2. The molecule has 0 atom stereocenters. The van der Waals surface area contributed by atoms with E-state index in [1.165, 1.54) is 11.8 Å². The van der Waals surface area contributed by atoms with Gasteiger partial charge in [0.25, 0.3) is 0 Å². The van der Waals surface area contributed by atoms with Crippen LogP contribution in [0.4, 0.5) is 0 Å². The van der Waals surface area contributed by atoms with Crippen LogP contribution in [0, 0.1) is 11.8 Å². The molecule has 2 heteroatoms. The highest BCUT2D eigenvalue weighted by Crippen LogP contribution is 2.02. The van der Waals surface area contributed by atoms with Crippen molar-refractivity contribution in [2.45, 2.75) is 13.3 Å². The maximum atomic E-state index is 10.6. The zero-order valence-electron chi connectivity index (χ0n) is 8.12. The zero-order valence-corrected chi connectivity index (χ0v) is 8.93. The van der Waals surface area contributed by atoms with E-state index >= 15 is 0 Å². The molecule has 0 amide bonds. The van der Waals surface area contributed by atoms with Crippen molar-refractivity contribution in [3.8, 4) is 11.8 Å². The predicted octanol–water partition coefficient (Wildman–Crippen LogP) is 2.71. The van der Waals surface area contributed by atoms with E-state index in [4.69, 9.17) is 0 Å². The summed E-state index contributed by atoms with van der Waals surface area (Å²) in [5.41, 5.74) is 1.03. The summed E-state index contributed by atoms with van der Waals surface area (Å²) in [6.07, 6.45) is 0.763. The highest BCUT2D eigenvalue weighted by Gasteiger charge is 1.90. The molecule has 0 bridgehead atoms. The van der Waals surface area contributed by atoms with Gasteiger partial charge in [0.05, 0.1) is 0 Å². The average molecular weight is 204 g/mol. The van der Waals surface area contributed by atoms with Crippen molar-refractivity contribution < 1.29 is 4.79 Å². The second-order valence-electron chi connectivity index (χ2n) is 2.76. The molecule has 0 N–H and O–H groups in total. The van der Waals surface area contributed by atoms with Gasteiger partial charge in [0.1, 0.15) is 0 Å². The molecule has 1 aromatic carbocycles. The molecular weight excluding hydrogens is 192 g/mol. The molecule has 0 radical (unpaired) electrons. The number of benzene rings is 1. The zero-order chi connectivity index (χ0) is 10.2. The van der Waals surface area contributed by atoms with Gasteiger partial charge in [-0.3, -0.25) is 4.79 Å². The van der Waals surface area contributed by atoms with Crippen LogP contribution in [-0.4, -0.2) is 10.9 Å². The standard InChI is InChI=1S/C12H12OS/c1-11(13)14-10-6-5-9-12-7-3-2-4-8-12/h2-4,7-8H,6,10H2,1H3. The van der Waals surface area contributed by atoms with Gasteiger partial charge in [0.15, 0.2) is 5.12 Å². The number of hydrogen-bond acceptors (Lipinski definition) is 2. The molecule has 0 aromatic heterocycles. The molecule has 1 rings (SSSR count). The molecule has 0 aliphatic rings. The smallest absolute Gasteiger partial charge is 0.185 e. The van der Waals surface area contributed by atoms with Crippen LogP contribution in [0.1, 0.15) is 18.9 Å². The van der Waals surface area contributed by atoms with E-state index in [-0.39, 0.29) is 5.12 Å². The lowest BCUT2D eigenvalue weighted by Crippen LogP contribution is -1.83. The van der Waals surface area contributed by atoms with Crippen LogP contribution in [0.25, 0.3) is 0 Å². The fraction of sp³-hybridized carbons (Fsp3) is 0.250. The van der Waals surface area contributed by atoms with E-state index < -0.39 is 0 Å². The first-order valence-electron chi connectivity index (χ1n) is 4.46. The maximum Gasteiger partial charge on any atom is 0.185 e. The summed E-state index contributed by atoms with van der Waals surface area (Å²) in [7, 11) is 0. The van der Waals surface area contributed by atoms with E-state index in [0.29, 0.717) is 0 Å². The third-order valence-electron chi connectivity index (χ3n) is 1.54. The monoisotopic (exact) mass is 204 g/mol. The van der Waals surface area contributed by atoms with E-state index in [1.807, 2.05) is 30.3 Å². The molecule has 1 aromatic rings. The first-order chi connectivity index (χ1) is 6.79. The number of carbonyl (C=O) groups is 1. The molecule has 0 aliphatic carbocycles. The van der Waals surface area contributed by atoms with Crippen LogP contribution >= 0.6 is 11.8 Å². The summed E-state index contributed by atoms with van der Waals surface area (Å²) in [6.45, 7) is 1.58. The fourth-order valence-corrected chi connectivity index (χ4v) is 1.42. The fourth-order valence-electron chi connectivity index (χ4n) is 0.932. The Hall–Kier alpha value is -1.20. The Morgan fingerprint density at radius 3 is 2.71 bits per heavy atom. The molecule has 0 spiro atoms. The lowest BCUT2D eigenvalue weighted by molar-refractivity contribution is -0.109. The Labute approximate surface area is 88.9 Å². The molecule has 0 fully saturated rings. The lowest BCUT2D eigenvalue weighted by atomic mass is 10.2. The van der Waals surface area contributed by atoms with E-state index in [9.17, 15) is 4.79 Å². The quantitative estimate of drug-likeness (QED) is 0.544. The number of carbonyl (C=O) groups excluding carboxylic acids is 1. The number of thioether (sulfide) groups is 1. The largest absolute Gasteiger partial charge is 0.288 e. The molecule has 14 heavy (non-hydrogen) atoms. The summed E-state index contributed by atoms with van der Waals surface area (Å²) in [6, 6.07) is 9.86. The topological polar surface area (TPSA) is 17.1 Å². The van der Waals surface area contributed by atoms with Crippen molar-refractivity contribution in [2.24, 2.45) is 0 Å². The first-order valence-corrected chi connectivity index (χ1v) is 5.45. The van der Waals surface area contributed by atoms with Crippen molar-refractivity contribution in [3.63, 3.8) is 0 Å². The Morgan fingerprint density at radius 2 is 2.07 bits per heavy atom. The second-order valence-corrected chi connectivity index (χ2v) is 4.03. The predicted molar refractivity (Wildman–Crippen MR) is 61.1 cm³/mol. The van der Waals surface area contributed by atoms with Crippen molar-refractivity contribution in [3.05, 3.63) is 35.9 Å². The minimum Gasteiger partial charge on any atom is -0.288 e. The van der Waals surface area contributed by atoms with Crippen LogP contribution in [0.15, 0.2) is 30.3 Å². The van der Waals surface area contributed by atoms with Gasteiger partial charge < -0.3 is 0 Å². The van der Waals surface area contributed by atoms with Gasteiger partial charge in [-0.15, -0.1) is 0 Å². The van der Waals surface area contributed by atoms with Crippen LogP contribution in [0.5, 0.6) is 0 Å². The SMILES string of the molecule is CC(=O)SCCC#Cc1ccccc1. The number of rotatable bonds is 2. The Morgan fingerprint density at radius 1 is 1.36 bits per heavy atom. The van der Waals surface area contributed by atoms with Crippen molar-refractivity contribution in [2.75, 3.05) is 5.75 Å². The lowest BCUT2D eigenvalue weighted by Gasteiger charge is -1.89. The van der Waals surface area contributed by atoms with E-state index in [1.54, 1.807) is 6.92 Å². The van der Waals surface area contributed by atoms with Crippen LogP contribution in [-0.2, 0) is 4.79 Å². The maximum absolute atomic E-state index is 10.6. The van der Waals surface area contributed by atoms with Gasteiger partial charge >= 0.3 is 0 Å². The third kappa shape index (κ3) is 4.74. The van der Waals surface area contributed by atoms with Gasteiger partial charge in [-0.2, -0.15) is 0 Å². The summed E-state index contributed by atoms with van der Waals surface area (Å²) in [5, 5.41) is 0.159. The minimum atomic E-state index is 0.159. The van der Waals surface area contributed by atoms with Crippen LogP contribution in [0.2, 0.25) is 0 Å². The Kier molecular flexibility index (Phi) is 4.88. The molecule has 0 heterocycles. The van der Waals surface area contributed by atoms with E-state index in [2.05, 4.69) is 11.8 Å². The highest BCUT2D eigenvalue weighted by molar-refractivity contribution is 8.13. The van der Waals surface area contributed by atoms with Crippen LogP contribution in [0.3, 0.4) is 0 Å². The Bertz CT molecular complexity index is 346. The molecule has 72 valence electrons. The Balaban J connectivity index is 2.31. The second kappa shape index (κ2) is 6.28. The summed E-state index contributed by atoms with van der Waals surface area (Å²) >= 11 is 1.33. The van der Waals surface area contributed by atoms with Gasteiger partial charge in [0, 0.05) is 24.7 Å². The molecule has 0 unspecified atom stereocenters. The number of hydrogen-bond donors (Lipinski definition) is 0. The summed E-state index contributed by atoms with van der Waals surface area (Å²) < 4.78 is 0. The third-order valence-corrected chi connectivity index (χ3v) is 2.35. The molecule has 0 saturated heterocycles. The first kappa shape index (κ1) is 10.9. The molecule has 0 aliphatic heterocycles. The summed E-state index contributed by atoms with van der Waals surface area (Å²) in [4.78, 5) is 10.6. The van der Waals surface area contributed by atoms with Gasteiger partial charge in [-0.05, 0) is 12.1 Å². The van der Waals surface area contributed by atoms with Gasteiger partial charge in [0.2, 0.25) is 0 Å². The van der Waals surface area contributed by atoms with Crippen molar-refractivity contribution >= 4 is 16.9 Å². The summed E-state index contributed by atoms with van der Waals surface area (Å²) in [5.74, 6) is 6.86. The molecule has 1 nitrogen and oxygen atoms in total. The normalized spacial score (nSPS) is 8.93. The van der Waals surface area contributed by atoms with Crippen molar-refractivity contribution in [1.29, 1.82) is 0 Å². The van der Waals surface area contributed by atoms with Gasteiger partial charge in [-0.25, -0.2) is 0 Å². The van der Waals surface area contributed by atoms with Gasteiger partial charge in [-0.1, -0.05) is 41.8 Å². The van der Waals surface area contributed by atoms with Crippen LogP contribution < -0.4 is 0 Å². The molecular formula is C12H12OS. The minimum absolute atomic E-state index is 0.159.